The Bertz CT molecular complexity index is 894. The van der Waals surface area contributed by atoms with Crippen molar-refractivity contribution in [3.8, 4) is 0 Å². The third-order valence-corrected chi connectivity index (χ3v) is 5.54. The Balaban J connectivity index is 2.05. The summed E-state index contributed by atoms with van der Waals surface area (Å²) in [5.41, 5.74) is 5.33. The zero-order valence-electron chi connectivity index (χ0n) is 14.0. The third-order valence-electron chi connectivity index (χ3n) is 4.21. The van der Waals surface area contributed by atoms with Crippen LogP contribution >= 0.6 is 11.3 Å². The quantitative estimate of drug-likeness (QED) is 0.802. The summed E-state index contributed by atoms with van der Waals surface area (Å²) in [4.78, 5) is 21.7. The zero-order valence-corrected chi connectivity index (χ0v) is 14.8. The van der Waals surface area contributed by atoms with Crippen molar-refractivity contribution in [2.75, 3.05) is 7.05 Å². The van der Waals surface area contributed by atoms with Gasteiger partial charge in [0.25, 0.3) is 5.91 Å². The molecule has 3 rings (SSSR count). The van der Waals surface area contributed by atoms with Gasteiger partial charge in [0.15, 0.2) is 0 Å². The maximum Gasteiger partial charge on any atom is 0.263 e. The molecule has 1 aromatic carbocycles. The van der Waals surface area contributed by atoms with E-state index in [9.17, 15) is 4.79 Å². The Morgan fingerprint density at radius 1 is 1.26 bits per heavy atom. The summed E-state index contributed by atoms with van der Waals surface area (Å²) in [5, 5.41) is 3.58. The second kappa shape index (κ2) is 5.77. The molecule has 0 fully saturated rings. The van der Waals surface area contributed by atoms with Crippen LogP contribution in [0.25, 0.3) is 11.0 Å². The molecule has 1 N–H and O–H groups in total. The Hall–Kier alpha value is -2.21. The van der Waals surface area contributed by atoms with Crippen LogP contribution in [0, 0.1) is 20.8 Å². The lowest BCUT2D eigenvalue weighted by Gasteiger charge is -2.12. The van der Waals surface area contributed by atoms with Gasteiger partial charge in [-0.25, -0.2) is 9.97 Å². The van der Waals surface area contributed by atoms with Crippen LogP contribution in [-0.4, -0.2) is 27.5 Å². The van der Waals surface area contributed by atoms with Crippen molar-refractivity contribution in [3.05, 3.63) is 45.2 Å². The van der Waals surface area contributed by atoms with Crippen LogP contribution in [-0.2, 0) is 0 Å². The van der Waals surface area contributed by atoms with Crippen molar-refractivity contribution >= 4 is 28.3 Å². The number of nitrogens with zero attached hydrogens (tertiary/aromatic N) is 3. The molecule has 0 saturated heterocycles. The van der Waals surface area contributed by atoms with Gasteiger partial charge in [-0.05, 0) is 51.0 Å². The van der Waals surface area contributed by atoms with Crippen LogP contribution in [0.3, 0.4) is 0 Å². The molecule has 2 heterocycles. The normalized spacial score (nSPS) is 12.6. The molecule has 2 aromatic heterocycles. The van der Waals surface area contributed by atoms with Gasteiger partial charge in [0, 0.05) is 7.05 Å². The van der Waals surface area contributed by atoms with E-state index in [-0.39, 0.29) is 11.9 Å². The molecule has 0 spiro atoms. The summed E-state index contributed by atoms with van der Waals surface area (Å²) >= 11 is 1.44. The van der Waals surface area contributed by atoms with Gasteiger partial charge in [-0.3, -0.25) is 4.79 Å². The smallest absolute Gasteiger partial charge is 0.263 e. The average Bonchev–Trinajstić information content (AvgIpc) is 3.10. The monoisotopic (exact) mass is 328 g/mol. The molecule has 0 aliphatic carbocycles. The van der Waals surface area contributed by atoms with E-state index in [1.807, 2.05) is 13.3 Å². The first-order valence-corrected chi connectivity index (χ1v) is 8.37. The van der Waals surface area contributed by atoms with Crippen LogP contribution < -0.4 is 5.32 Å². The number of imidazole rings is 1. The summed E-state index contributed by atoms with van der Waals surface area (Å²) in [7, 11) is 1.64. The molecule has 0 radical (unpaired) electrons. The van der Waals surface area contributed by atoms with Gasteiger partial charge < -0.3 is 9.88 Å². The SMILES string of the molecule is CNC(=O)c1sc(C(C)n2cnc3cc(C)c(C)cc32)nc1C. The minimum absolute atomic E-state index is 0.0317. The van der Waals surface area contributed by atoms with Crippen LogP contribution in [0.1, 0.15) is 44.5 Å². The molecule has 120 valence electrons. The highest BCUT2D eigenvalue weighted by Crippen LogP contribution is 2.29. The first-order valence-electron chi connectivity index (χ1n) is 7.55. The van der Waals surface area contributed by atoms with Crippen molar-refractivity contribution in [1.29, 1.82) is 0 Å². The van der Waals surface area contributed by atoms with Crippen molar-refractivity contribution in [3.63, 3.8) is 0 Å². The first-order chi connectivity index (χ1) is 10.9. The molecule has 5 nitrogen and oxygen atoms in total. The van der Waals surface area contributed by atoms with Crippen molar-refractivity contribution in [1.82, 2.24) is 19.9 Å². The molecule has 0 aliphatic rings. The number of carbonyl (C=O) groups is 1. The summed E-state index contributed by atoms with van der Waals surface area (Å²) in [6, 6.07) is 4.30. The standard InChI is InChI=1S/C17H20N4OS/c1-9-6-13-14(7-10(9)2)21(8-19-13)12(4)17-20-11(3)15(23-17)16(22)18-5/h6-8,12H,1-5H3,(H,18,22). The fourth-order valence-corrected chi connectivity index (χ4v) is 3.69. The Kier molecular flexibility index (Phi) is 3.93. The topological polar surface area (TPSA) is 59.8 Å². The molecule has 0 bridgehead atoms. The maximum atomic E-state index is 11.9. The van der Waals surface area contributed by atoms with Gasteiger partial charge in [0.2, 0.25) is 0 Å². The van der Waals surface area contributed by atoms with Crippen molar-refractivity contribution < 1.29 is 4.79 Å². The average molecular weight is 328 g/mol. The highest BCUT2D eigenvalue weighted by atomic mass is 32.1. The van der Waals surface area contributed by atoms with E-state index in [0.29, 0.717) is 4.88 Å². The van der Waals surface area contributed by atoms with Crippen LogP contribution in [0.5, 0.6) is 0 Å². The molecule has 1 amide bonds. The van der Waals surface area contributed by atoms with E-state index in [0.717, 1.165) is 21.7 Å². The van der Waals surface area contributed by atoms with E-state index in [4.69, 9.17) is 0 Å². The molecule has 1 atom stereocenters. The predicted octanol–water partition coefficient (Wildman–Crippen LogP) is 3.39. The number of hydrogen-bond donors (Lipinski definition) is 1. The molecular formula is C17H20N4OS. The lowest BCUT2D eigenvalue weighted by molar-refractivity contribution is 0.0966. The number of nitrogens with one attached hydrogen (secondary N) is 1. The molecule has 3 aromatic rings. The summed E-state index contributed by atoms with van der Waals surface area (Å²) in [5.74, 6) is -0.0830. The Morgan fingerprint density at radius 3 is 2.65 bits per heavy atom. The Labute approximate surface area is 139 Å². The van der Waals surface area contributed by atoms with Gasteiger partial charge in [-0.15, -0.1) is 11.3 Å². The van der Waals surface area contributed by atoms with Crippen LogP contribution in [0.15, 0.2) is 18.5 Å². The molecule has 0 saturated carbocycles. The second-order valence-electron chi connectivity index (χ2n) is 5.80. The lowest BCUT2D eigenvalue weighted by atomic mass is 10.1. The number of thiazole rings is 1. The van der Waals surface area contributed by atoms with Gasteiger partial charge in [-0.2, -0.15) is 0 Å². The fraction of sp³-hybridized carbons (Fsp3) is 0.353. The molecule has 1 unspecified atom stereocenters. The molecule has 6 heteroatoms. The number of rotatable bonds is 3. The van der Waals surface area contributed by atoms with E-state index in [1.165, 1.54) is 22.5 Å². The predicted molar refractivity (Wildman–Crippen MR) is 93.3 cm³/mol. The van der Waals surface area contributed by atoms with Crippen molar-refractivity contribution in [2.45, 2.75) is 33.7 Å². The lowest BCUT2D eigenvalue weighted by Crippen LogP contribution is -2.17. The second-order valence-corrected chi connectivity index (χ2v) is 6.83. The van der Waals surface area contributed by atoms with E-state index < -0.39 is 0 Å². The summed E-state index contributed by atoms with van der Waals surface area (Å²) in [6.07, 6.45) is 1.85. The Morgan fingerprint density at radius 2 is 1.96 bits per heavy atom. The highest BCUT2D eigenvalue weighted by Gasteiger charge is 2.20. The first kappa shape index (κ1) is 15.7. The fourth-order valence-electron chi connectivity index (χ4n) is 2.63. The summed E-state index contributed by atoms with van der Waals surface area (Å²) < 4.78 is 2.12. The minimum atomic E-state index is -0.0830. The third kappa shape index (κ3) is 2.63. The number of hydrogen-bond acceptors (Lipinski definition) is 4. The van der Waals surface area contributed by atoms with E-state index >= 15 is 0 Å². The summed E-state index contributed by atoms with van der Waals surface area (Å²) in [6.45, 7) is 8.16. The van der Waals surface area contributed by atoms with E-state index in [1.54, 1.807) is 7.05 Å². The van der Waals surface area contributed by atoms with Gasteiger partial charge >= 0.3 is 0 Å². The highest BCUT2D eigenvalue weighted by molar-refractivity contribution is 7.13. The van der Waals surface area contributed by atoms with Crippen molar-refractivity contribution in [2.24, 2.45) is 0 Å². The number of benzene rings is 1. The zero-order chi connectivity index (χ0) is 16.7. The minimum Gasteiger partial charge on any atom is -0.354 e. The number of aryl methyl sites for hydroxylation is 3. The largest absolute Gasteiger partial charge is 0.354 e. The van der Waals surface area contributed by atoms with Gasteiger partial charge in [0.1, 0.15) is 9.88 Å². The van der Waals surface area contributed by atoms with Gasteiger partial charge in [-0.1, -0.05) is 0 Å². The van der Waals surface area contributed by atoms with Crippen LogP contribution in [0.4, 0.5) is 0 Å². The van der Waals surface area contributed by atoms with Crippen LogP contribution in [0.2, 0.25) is 0 Å². The molecule has 23 heavy (non-hydrogen) atoms. The number of amides is 1. The number of aromatic nitrogens is 3. The number of carbonyl (C=O) groups excluding carboxylic acids is 1. The molecule has 0 aliphatic heterocycles. The van der Waals surface area contributed by atoms with Gasteiger partial charge in [0.05, 0.1) is 29.1 Å². The molecular weight excluding hydrogens is 308 g/mol. The van der Waals surface area contributed by atoms with E-state index in [2.05, 4.69) is 52.8 Å². The number of fused-ring (bicyclic) bond motifs is 1. The maximum absolute atomic E-state index is 11.9.